The van der Waals surface area contributed by atoms with Crippen molar-refractivity contribution >= 4 is 15.9 Å². The molecular weight excluding hydrogens is 264 g/mol. The van der Waals surface area contributed by atoms with Gasteiger partial charge in [0.2, 0.25) is 0 Å². The fourth-order valence-electron chi connectivity index (χ4n) is 3.63. The zero-order valence-corrected chi connectivity index (χ0v) is 12.0. The number of nitrogens with zero attached hydrogens (tertiary/aromatic N) is 1. The Morgan fingerprint density at radius 1 is 1.11 bits per heavy atom. The fourth-order valence-corrected chi connectivity index (χ4v) is 5.65. The number of hydrogen-bond acceptors (Lipinski definition) is 3. The summed E-state index contributed by atoms with van der Waals surface area (Å²) in [4.78, 5) is 14.0. The van der Waals surface area contributed by atoms with E-state index in [4.69, 9.17) is 0 Å². The molecule has 3 rings (SSSR count). The van der Waals surface area contributed by atoms with E-state index >= 15 is 0 Å². The first-order valence-electron chi connectivity index (χ1n) is 7.35. The summed E-state index contributed by atoms with van der Waals surface area (Å²) in [6.07, 6.45) is 7.66. The smallest absolute Gasteiger partial charge is 0.317 e. The number of carbonyl (C=O) groups excluding carboxylic acids is 1. The second-order valence-electron chi connectivity index (χ2n) is 6.13. The normalized spacial score (nSPS) is 34.2. The maximum Gasteiger partial charge on any atom is 0.317 e. The summed E-state index contributed by atoms with van der Waals surface area (Å²) < 4.78 is 23.3. The van der Waals surface area contributed by atoms with Crippen LogP contribution in [0.3, 0.4) is 0 Å². The summed E-state index contributed by atoms with van der Waals surface area (Å²) in [5.41, 5.74) is 0. The quantitative estimate of drug-likeness (QED) is 0.739. The van der Waals surface area contributed by atoms with Crippen LogP contribution in [0.2, 0.25) is 0 Å². The van der Waals surface area contributed by atoms with Crippen LogP contribution in [0.4, 0.5) is 4.79 Å². The van der Waals surface area contributed by atoms with E-state index in [1.54, 1.807) is 4.90 Å². The molecule has 0 aromatic carbocycles. The van der Waals surface area contributed by atoms with Crippen molar-refractivity contribution in [2.75, 3.05) is 12.3 Å². The number of rotatable bonds is 1. The Morgan fingerprint density at radius 2 is 1.79 bits per heavy atom. The maximum absolute atomic E-state index is 12.2. The van der Waals surface area contributed by atoms with Gasteiger partial charge in [-0.1, -0.05) is 25.7 Å². The Balaban J connectivity index is 1.57. The minimum atomic E-state index is -2.91. The van der Waals surface area contributed by atoms with Gasteiger partial charge in [0.25, 0.3) is 0 Å². The van der Waals surface area contributed by atoms with Gasteiger partial charge in [0.15, 0.2) is 9.84 Å². The molecule has 5 nitrogen and oxygen atoms in total. The number of carbonyl (C=O) groups is 1. The molecule has 2 atom stereocenters. The average molecular weight is 286 g/mol. The lowest BCUT2D eigenvalue weighted by molar-refractivity contribution is 0.190. The van der Waals surface area contributed by atoms with Crippen LogP contribution in [0.1, 0.15) is 44.9 Å². The van der Waals surface area contributed by atoms with Crippen molar-refractivity contribution in [2.24, 2.45) is 0 Å². The molecule has 2 unspecified atom stereocenters. The van der Waals surface area contributed by atoms with Gasteiger partial charge in [-0.25, -0.2) is 13.2 Å². The first kappa shape index (κ1) is 13.2. The molecule has 19 heavy (non-hydrogen) atoms. The monoisotopic (exact) mass is 286 g/mol. The summed E-state index contributed by atoms with van der Waals surface area (Å²) in [6.45, 7) is 0.394. The van der Waals surface area contributed by atoms with Gasteiger partial charge in [0.05, 0.1) is 11.0 Å². The Morgan fingerprint density at radius 3 is 2.32 bits per heavy atom. The van der Waals surface area contributed by atoms with Gasteiger partial charge in [0.1, 0.15) is 0 Å². The topological polar surface area (TPSA) is 66.5 Å². The van der Waals surface area contributed by atoms with E-state index in [0.717, 1.165) is 12.8 Å². The number of urea groups is 1. The van der Waals surface area contributed by atoms with Gasteiger partial charge in [-0.2, -0.15) is 0 Å². The molecule has 2 amide bonds. The van der Waals surface area contributed by atoms with Crippen LogP contribution in [-0.4, -0.2) is 49.0 Å². The van der Waals surface area contributed by atoms with E-state index in [1.807, 2.05) is 0 Å². The second-order valence-corrected chi connectivity index (χ2v) is 8.46. The largest absolute Gasteiger partial charge is 0.335 e. The Kier molecular flexibility index (Phi) is 3.45. The molecule has 1 aliphatic carbocycles. The number of likely N-dealkylation sites (tertiary alicyclic amines) is 1. The molecule has 2 bridgehead atoms. The molecule has 0 aromatic heterocycles. The van der Waals surface area contributed by atoms with Gasteiger partial charge in [-0.15, -0.1) is 0 Å². The number of nitrogens with one attached hydrogen (secondary N) is 1. The van der Waals surface area contributed by atoms with Crippen LogP contribution in [0.5, 0.6) is 0 Å². The predicted octanol–water partition coefficient (Wildman–Crippen LogP) is 1.29. The predicted molar refractivity (Wildman–Crippen MR) is 72.7 cm³/mol. The van der Waals surface area contributed by atoms with Crippen molar-refractivity contribution in [3.05, 3.63) is 0 Å². The third-order valence-electron chi connectivity index (χ3n) is 4.75. The molecule has 1 N–H and O–H groups in total. The van der Waals surface area contributed by atoms with Gasteiger partial charge in [-0.05, 0) is 19.3 Å². The van der Waals surface area contributed by atoms with Crippen molar-refractivity contribution in [3.63, 3.8) is 0 Å². The highest BCUT2D eigenvalue weighted by Gasteiger charge is 2.50. The van der Waals surface area contributed by atoms with Crippen molar-refractivity contribution < 1.29 is 13.2 Å². The molecule has 6 heteroatoms. The third-order valence-corrected chi connectivity index (χ3v) is 6.96. The van der Waals surface area contributed by atoms with Gasteiger partial charge >= 0.3 is 6.03 Å². The number of hydrogen-bond donors (Lipinski definition) is 1. The lowest BCUT2D eigenvalue weighted by atomic mass is 10.1. The van der Waals surface area contributed by atoms with Gasteiger partial charge in [-0.3, -0.25) is 0 Å². The van der Waals surface area contributed by atoms with Crippen LogP contribution in [0.25, 0.3) is 0 Å². The van der Waals surface area contributed by atoms with E-state index in [-0.39, 0.29) is 29.1 Å². The van der Waals surface area contributed by atoms with Crippen LogP contribution in [0.15, 0.2) is 0 Å². The summed E-state index contributed by atoms with van der Waals surface area (Å²) in [6, 6.07) is 0.154. The summed E-state index contributed by atoms with van der Waals surface area (Å²) in [5, 5.41) is 2.80. The molecule has 0 spiro atoms. The van der Waals surface area contributed by atoms with Crippen LogP contribution >= 0.6 is 0 Å². The molecule has 2 aliphatic heterocycles. The van der Waals surface area contributed by atoms with Crippen molar-refractivity contribution in [1.29, 1.82) is 0 Å². The van der Waals surface area contributed by atoms with E-state index in [0.29, 0.717) is 13.0 Å². The van der Waals surface area contributed by atoms with E-state index in [1.165, 1.54) is 25.7 Å². The second kappa shape index (κ2) is 4.96. The molecule has 0 radical (unpaired) electrons. The molecule has 0 aromatic rings. The SMILES string of the molecule is O=C(NC1CCCCCC1)N1CC2CC1CS2(=O)=O. The molecular formula is C13H22N2O3S. The number of sulfone groups is 1. The van der Waals surface area contributed by atoms with Crippen molar-refractivity contribution in [1.82, 2.24) is 10.2 Å². The van der Waals surface area contributed by atoms with Gasteiger partial charge in [0, 0.05) is 18.6 Å². The van der Waals surface area contributed by atoms with Crippen LogP contribution < -0.4 is 5.32 Å². The zero-order chi connectivity index (χ0) is 13.5. The van der Waals surface area contributed by atoms with Crippen molar-refractivity contribution in [2.45, 2.75) is 62.3 Å². The number of fused-ring (bicyclic) bond motifs is 2. The lowest BCUT2D eigenvalue weighted by Gasteiger charge is -2.29. The zero-order valence-electron chi connectivity index (χ0n) is 11.2. The summed E-state index contributed by atoms with van der Waals surface area (Å²) in [7, 11) is -2.91. The molecule has 3 fully saturated rings. The number of amides is 2. The van der Waals surface area contributed by atoms with E-state index in [2.05, 4.69) is 5.32 Å². The minimum absolute atomic E-state index is 0.0469. The van der Waals surface area contributed by atoms with E-state index < -0.39 is 9.84 Å². The van der Waals surface area contributed by atoms with Crippen LogP contribution in [-0.2, 0) is 9.84 Å². The summed E-state index contributed by atoms with van der Waals surface area (Å²) in [5.74, 6) is 0.162. The Bertz CT molecular complexity index is 455. The maximum atomic E-state index is 12.2. The molecule has 2 heterocycles. The average Bonchev–Trinajstić information content (AvgIpc) is 2.76. The lowest BCUT2D eigenvalue weighted by Crippen LogP contribution is -2.51. The third kappa shape index (κ3) is 2.59. The highest BCUT2D eigenvalue weighted by Crippen LogP contribution is 2.33. The Labute approximate surface area is 114 Å². The van der Waals surface area contributed by atoms with Crippen LogP contribution in [0, 0.1) is 0 Å². The first-order chi connectivity index (χ1) is 9.06. The molecule has 1 saturated carbocycles. The standard InChI is InChI=1S/C13H22N2O3S/c16-13(14-10-5-3-1-2-4-6-10)15-8-12-7-11(15)9-19(12,17)18/h10-12H,1-9H2,(H,14,16). The summed E-state index contributed by atoms with van der Waals surface area (Å²) >= 11 is 0. The Hall–Kier alpha value is -0.780. The highest BCUT2D eigenvalue weighted by atomic mass is 32.2. The minimum Gasteiger partial charge on any atom is -0.335 e. The fraction of sp³-hybridized carbons (Fsp3) is 0.923. The van der Waals surface area contributed by atoms with Gasteiger partial charge < -0.3 is 10.2 Å². The van der Waals surface area contributed by atoms with Crippen molar-refractivity contribution in [3.8, 4) is 0 Å². The highest BCUT2D eigenvalue weighted by molar-refractivity contribution is 7.92. The molecule has 3 aliphatic rings. The molecule has 108 valence electrons. The first-order valence-corrected chi connectivity index (χ1v) is 9.06. The van der Waals surface area contributed by atoms with E-state index in [9.17, 15) is 13.2 Å². The molecule has 2 saturated heterocycles.